The van der Waals surface area contributed by atoms with Gasteiger partial charge in [-0.2, -0.15) is 0 Å². The molecule has 0 aliphatic heterocycles. The van der Waals surface area contributed by atoms with Gasteiger partial charge in [0.2, 0.25) is 5.91 Å². The average Bonchev–Trinajstić information content (AvgIpc) is 3.17. The number of rotatable bonds is 6. The van der Waals surface area contributed by atoms with Crippen molar-refractivity contribution >= 4 is 5.91 Å². The number of aliphatic hydroxyl groups excluding tert-OH is 1. The summed E-state index contributed by atoms with van der Waals surface area (Å²) in [4.78, 5) is 11.8. The van der Waals surface area contributed by atoms with Crippen LogP contribution in [0, 0.1) is 11.7 Å². The Labute approximate surface area is 111 Å². The molecule has 0 saturated heterocycles. The number of nitrogens with one attached hydrogen (secondary N) is 1. The highest BCUT2D eigenvalue weighted by atomic mass is 19.1. The van der Waals surface area contributed by atoms with Crippen LogP contribution in [0.1, 0.15) is 17.9 Å². The quantitative estimate of drug-likeness (QED) is 0.810. The standard InChI is InChI=1S/C14H18FNO3/c1-19-8-9(17)7-16-14(18)12-6-11(12)10-4-2-3-5-13(10)15/h2-5,9,11-12,17H,6-8H2,1H3,(H,16,18). The molecule has 2 rings (SSSR count). The van der Waals surface area contributed by atoms with Gasteiger partial charge in [-0.05, 0) is 24.0 Å². The maximum atomic E-state index is 13.5. The first-order chi connectivity index (χ1) is 9.13. The van der Waals surface area contributed by atoms with Crippen LogP contribution in [0.5, 0.6) is 0 Å². The number of carbonyl (C=O) groups is 1. The van der Waals surface area contributed by atoms with Crippen LogP contribution in [0.25, 0.3) is 0 Å². The summed E-state index contributed by atoms with van der Waals surface area (Å²) in [5.41, 5.74) is 0.597. The van der Waals surface area contributed by atoms with Crippen molar-refractivity contribution in [2.45, 2.75) is 18.4 Å². The van der Waals surface area contributed by atoms with Gasteiger partial charge in [-0.1, -0.05) is 18.2 Å². The SMILES string of the molecule is COCC(O)CNC(=O)C1CC1c1ccccc1F. The molecule has 0 spiro atoms. The van der Waals surface area contributed by atoms with E-state index >= 15 is 0 Å². The molecule has 0 heterocycles. The van der Waals surface area contributed by atoms with Crippen molar-refractivity contribution in [2.24, 2.45) is 5.92 Å². The van der Waals surface area contributed by atoms with Crippen molar-refractivity contribution in [1.29, 1.82) is 0 Å². The van der Waals surface area contributed by atoms with E-state index in [0.717, 1.165) is 0 Å². The van der Waals surface area contributed by atoms with Crippen LogP contribution in [0.4, 0.5) is 4.39 Å². The number of amides is 1. The third kappa shape index (κ3) is 3.52. The molecule has 1 aliphatic rings. The van der Waals surface area contributed by atoms with Crippen LogP contribution in [-0.2, 0) is 9.53 Å². The summed E-state index contributed by atoms with van der Waals surface area (Å²) >= 11 is 0. The maximum Gasteiger partial charge on any atom is 0.223 e. The summed E-state index contributed by atoms with van der Waals surface area (Å²) < 4.78 is 18.3. The lowest BCUT2D eigenvalue weighted by Crippen LogP contribution is -2.35. The summed E-state index contributed by atoms with van der Waals surface area (Å²) in [7, 11) is 1.49. The van der Waals surface area contributed by atoms with Gasteiger partial charge in [0.15, 0.2) is 0 Å². The van der Waals surface area contributed by atoms with Gasteiger partial charge in [0.1, 0.15) is 5.82 Å². The number of carbonyl (C=O) groups excluding carboxylic acids is 1. The molecular formula is C14H18FNO3. The molecule has 1 aromatic rings. The molecule has 0 bridgehead atoms. The molecule has 104 valence electrons. The van der Waals surface area contributed by atoms with Gasteiger partial charge in [-0.15, -0.1) is 0 Å². The molecule has 4 nitrogen and oxygen atoms in total. The molecule has 1 fully saturated rings. The second-order valence-electron chi connectivity index (χ2n) is 4.82. The second kappa shape index (κ2) is 6.12. The number of benzene rings is 1. The van der Waals surface area contributed by atoms with Crippen molar-refractivity contribution in [3.63, 3.8) is 0 Å². The molecule has 1 aromatic carbocycles. The van der Waals surface area contributed by atoms with Crippen molar-refractivity contribution in [3.8, 4) is 0 Å². The van der Waals surface area contributed by atoms with Crippen molar-refractivity contribution in [1.82, 2.24) is 5.32 Å². The molecule has 3 atom stereocenters. The monoisotopic (exact) mass is 267 g/mol. The van der Waals surface area contributed by atoms with E-state index in [1.165, 1.54) is 13.2 Å². The Morgan fingerprint density at radius 3 is 3.00 bits per heavy atom. The van der Waals surface area contributed by atoms with Gasteiger partial charge in [-0.25, -0.2) is 4.39 Å². The van der Waals surface area contributed by atoms with Crippen LogP contribution in [0.15, 0.2) is 24.3 Å². The van der Waals surface area contributed by atoms with Gasteiger partial charge >= 0.3 is 0 Å². The minimum Gasteiger partial charge on any atom is -0.389 e. The lowest BCUT2D eigenvalue weighted by Gasteiger charge is -2.10. The number of halogens is 1. The van der Waals surface area contributed by atoms with Gasteiger partial charge < -0.3 is 15.2 Å². The van der Waals surface area contributed by atoms with Crippen LogP contribution in [0.3, 0.4) is 0 Å². The Kier molecular flexibility index (Phi) is 4.50. The summed E-state index contributed by atoms with van der Waals surface area (Å²) in [5.74, 6) is -0.627. The highest BCUT2D eigenvalue weighted by molar-refractivity contribution is 5.82. The Balaban J connectivity index is 1.82. The van der Waals surface area contributed by atoms with E-state index in [9.17, 15) is 14.3 Å². The normalized spacial score (nSPS) is 22.9. The lowest BCUT2D eigenvalue weighted by molar-refractivity contribution is -0.123. The predicted octanol–water partition coefficient (Wildman–Crippen LogP) is 1.05. The van der Waals surface area contributed by atoms with Crippen molar-refractivity contribution in [3.05, 3.63) is 35.6 Å². The smallest absolute Gasteiger partial charge is 0.223 e. The van der Waals surface area contributed by atoms with Gasteiger partial charge in [0.25, 0.3) is 0 Å². The molecular weight excluding hydrogens is 249 g/mol. The minimum absolute atomic E-state index is 0.0410. The number of ether oxygens (including phenoxy) is 1. The molecule has 1 amide bonds. The fourth-order valence-electron chi connectivity index (χ4n) is 2.21. The van der Waals surface area contributed by atoms with Gasteiger partial charge in [0.05, 0.1) is 12.7 Å². The van der Waals surface area contributed by atoms with E-state index in [1.807, 2.05) is 0 Å². The fourth-order valence-corrected chi connectivity index (χ4v) is 2.21. The van der Waals surface area contributed by atoms with E-state index in [4.69, 9.17) is 4.74 Å². The van der Waals surface area contributed by atoms with Crippen molar-refractivity contribution in [2.75, 3.05) is 20.3 Å². The number of hydrogen-bond donors (Lipinski definition) is 2. The molecule has 3 unspecified atom stereocenters. The van der Waals surface area contributed by atoms with E-state index in [1.54, 1.807) is 18.2 Å². The second-order valence-corrected chi connectivity index (χ2v) is 4.82. The largest absolute Gasteiger partial charge is 0.389 e. The topological polar surface area (TPSA) is 58.6 Å². The molecule has 1 saturated carbocycles. The highest BCUT2D eigenvalue weighted by Crippen LogP contribution is 2.48. The number of hydrogen-bond acceptors (Lipinski definition) is 3. The Hall–Kier alpha value is -1.46. The summed E-state index contributed by atoms with van der Waals surface area (Å²) in [6.07, 6.45) is -0.0488. The van der Waals surface area contributed by atoms with Gasteiger partial charge in [0, 0.05) is 19.6 Å². The van der Waals surface area contributed by atoms with E-state index < -0.39 is 6.10 Å². The molecule has 1 aliphatic carbocycles. The van der Waals surface area contributed by atoms with Crippen LogP contribution in [0.2, 0.25) is 0 Å². The zero-order valence-electron chi connectivity index (χ0n) is 10.8. The molecule has 5 heteroatoms. The van der Waals surface area contributed by atoms with E-state index in [2.05, 4.69) is 5.32 Å². The first-order valence-corrected chi connectivity index (χ1v) is 6.32. The zero-order chi connectivity index (χ0) is 13.8. The summed E-state index contributed by atoms with van der Waals surface area (Å²) in [6, 6.07) is 6.53. The number of methoxy groups -OCH3 is 1. The Bertz CT molecular complexity index is 452. The average molecular weight is 267 g/mol. The Morgan fingerprint density at radius 1 is 1.58 bits per heavy atom. The summed E-state index contributed by atoms with van der Waals surface area (Å²) in [5, 5.41) is 12.1. The van der Waals surface area contributed by atoms with Crippen LogP contribution >= 0.6 is 0 Å². The van der Waals surface area contributed by atoms with Crippen LogP contribution in [-0.4, -0.2) is 37.4 Å². The molecule has 19 heavy (non-hydrogen) atoms. The van der Waals surface area contributed by atoms with E-state index in [-0.39, 0.29) is 36.7 Å². The molecule has 0 radical (unpaired) electrons. The first-order valence-electron chi connectivity index (χ1n) is 6.32. The van der Waals surface area contributed by atoms with E-state index in [0.29, 0.717) is 12.0 Å². The fraction of sp³-hybridized carbons (Fsp3) is 0.500. The first kappa shape index (κ1) is 14.0. The lowest BCUT2D eigenvalue weighted by atomic mass is 10.1. The molecule has 0 aromatic heterocycles. The minimum atomic E-state index is -0.709. The summed E-state index contributed by atoms with van der Waals surface area (Å²) in [6.45, 7) is 0.342. The van der Waals surface area contributed by atoms with Crippen molar-refractivity contribution < 1.29 is 19.0 Å². The maximum absolute atomic E-state index is 13.5. The molecule has 2 N–H and O–H groups in total. The van der Waals surface area contributed by atoms with Crippen LogP contribution < -0.4 is 5.32 Å². The Morgan fingerprint density at radius 2 is 2.32 bits per heavy atom. The number of aliphatic hydroxyl groups is 1. The highest BCUT2D eigenvalue weighted by Gasteiger charge is 2.45. The zero-order valence-corrected chi connectivity index (χ0v) is 10.8. The van der Waals surface area contributed by atoms with Gasteiger partial charge in [-0.3, -0.25) is 4.79 Å². The predicted molar refractivity (Wildman–Crippen MR) is 68.1 cm³/mol. The third-order valence-corrected chi connectivity index (χ3v) is 3.30. The third-order valence-electron chi connectivity index (χ3n) is 3.30.